The number of hydrogen-bond donors (Lipinski definition) is 1. The lowest BCUT2D eigenvalue weighted by atomic mass is 9.88. The Labute approximate surface area is 112 Å². The zero-order chi connectivity index (χ0) is 13.6. The molecule has 1 rings (SSSR count). The van der Waals surface area contributed by atoms with Crippen molar-refractivity contribution < 1.29 is 4.74 Å². The average molecular weight is 249 g/mol. The molecule has 1 aromatic rings. The molecule has 0 radical (unpaired) electrons. The van der Waals surface area contributed by atoms with E-state index in [9.17, 15) is 0 Å². The molecule has 0 aliphatic carbocycles. The molecule has 1 unspecified atom stereocenters. The van der Waals surface area contributed by atoms with Crippen molar-refractivity contribution in [2.24, 2.45) is 5.41 Å². The van der Waals surface area contributed by atoms with Gasteiger partial charge in [0, 0.05) is 12.6 Å². The minimum absolute atomic E-state index is 0.288. The molecule has 1 N–H and O–H groups in total. The van der Waals surface area contributed by atoms with E-state index in [0.29, 0.717) is 6.04 Å². The lowest BCUT2D eigenvalue weighted by Gasteiger charge is -2.28. The highest BCUT2D eigenvalue weighted by Gasteiger charge is 2.18. The maximum atomic E-state index is 5.64. The summed E-state index contributed by atoms with van der Waals surface area (Å²) >= 11 is 0. The number of hydrogen-bond acceptors (Lipinski definition) is 2. The van der Waals surface area contributed by atoms with E-state index in [2.05, 4.69) is 58.1 Å². The minimum Gasteiger partial charge on any atom is -0.494 e. The molecule has 0 saturated carbocycles. The van der Waals surface area contributed by atoms with Crippen molar-refractivity contribution in [1.29, 1.82) is 0 Å². The van der Waals surface area contributed by atoms with Gasteiger partial charge in [0.25, 0.3) is 0 Å². The van der Waals surface area contributed by atoms with Crippen molar-refractivity contribution in [2.75, 3.05) is 6.61 Å². The molecule has 0 spiro atoms. The molecule has 102 valence electrons. The van der Waals surface area contributed by atoms with Crippen LogP contribution in [0.5, 0.6) is 5.75 Å². The fraction of sp³-hybridized carbons (Fsp3) is 0.625. The standard InChI is InChI=1S/C16H27NO/c1-6-10-18-15-9-7-8-14(11-15)12-17-13(2)16(3,4)5/h7-9,11,13,17H,6,10,12H2,1-5H3. The Kier molecular flexibility index (Phi) is 5.67. The van der Waals surface area contributed by atoms with Gasteiger partial charge >= 0.3 is 0 Å². The lowest BCUT2D eigenvalue weighted by Crippen LogP contribution is -2.37. The van der Waals surface area contributed by atoms with E-state index in [-0.39, 0.29) is 5.41 Å². The van der Waals surface area contributed by atoms with Crippen LogP contribution in [-0.2, 0) is 6.54 Å². The van der Waals surface area contributed by atoms with Crippen LogP contribution in [0.3, 0.4) is 0 Å². The Bertz CT molecular complexity index is 354. The van der Waals surface area contributed by atoms with Crippen LogP contribution in [-0.4, -0.2) is 12.6 Å². The molecule has 0 aliphatic rings. The Morgan fingerprint density at radius 3 is 2.61 bits per heavy atom. The van der Waals surface area contributed by atoms with Gasteiger partial charge in [0.2, 0.25) is 0 Å². The van der Waals surface area contributed by atoms with Crippen LogP contribution in [0.4, 0.5) is 0 Å². The largest absolute Gasteiger partial charge is 0.494 e. The predicted molar refractivity (Wildman–Crippen MR) is 78.0 cm³/mol. The molecule has 1 aromatic carbocycles. The fourth-order valence-corrected chi connectivity index (χ4v) is 1.54. The van der Waals surface area contributed by atoms with Gasteiger partial charge in [0.15, 0.2) is 0 Å². The summed E-state index contributed by atoms with van der Waals surface area (Å²) in [6.45, 7) is 12.8. The molecule has 18 heavy (non-hydrogen) atoms. The lowest BCUT2D eigenvalue weighted by molar-refractivity contribution is 0.284. The molecule has 0 heterocycles. The molecule has 1 atom stereocenters. The molecule has 2 heteroatoms. The van der Waals surface area contributed by atoms with Gasteiger partial charge in [-0.25, -0.2) is 0 Å². The number of nitrogens with one attached hydrogen (secondary N) is 1. The Morgan fingerprint density at radius 1 is 1.28 bits per heavy atom. The summed E-state index contributed by atoms with van der Waals surface area (Å²) < 4.78 is 5.64. The van der Waals surface area contributed by atoms with Crippen LogP contribution >= 0.6 is 0 Å². The molecular weight excluding hydrogens is 222 g/mol. The van der Waals surface area contributed by atoms with Gasteiger partial charge in [-0.1, -0.05) is 39.8 Å². The third kappa shape index (κ3) is 5.09. The van der Waals surface area contributed by atoms with Crippen molar-refractivity contribution in [3.63, 3.8) is 0 Å². The minimum atomic E-state index is 0.288. The number of ether oxygens (including phenoxy) is 1. The van der Waals surface area contributed by atoms with Crippen molar-refractivity contribution in [3.8, 4) is 5.75 Å². The zero-order valence-electron chi connectivity index (χ0n) is 12.4. The second kappa shape index (κ2) is 6.79. The van der Waals surface area contributed by atoms with Crippen LogP contribution in [0.2, 0.25) is 0 Å². The third-order valence-corrected chi connectivity index (χ3v) is 3.28. The maximum Gasteiger partial charge on any atom is 0.119 e. The maximum absolute atomic E-state index is 5.64. The first-order chi connectivity index (χ1) is 8.43. The molecule has 0 aromatic heterocycles. The van der Waals surface area contributed by atoms with E-state index in [0.717, 1.165) is 25.3 Å². The normalized spacial score (nSPS) is 13.4. The van der Waals surface area contributed by atoms with Crippen LogP contribution in [0.25, 0.3) is 0 Å². The Balaban J connectivity index is 2.52. The molecule has 0 aliphatic heterocycles. The molecular formula is C16H27NO. The van der Waals surface area contributed by atoms with Gasteiger partial charge in [0.05, 0.1) is 6.61 Å². The van der Waals surface area contributed by atoms with Crippen LogP contribution < -0.4 is 10.1 Å². The smallest absolute Gasteiger partial charge is 0.119 e. The number of benzene rings is 1. The van der Waals surface area contributed by atoms with Crippen molar-refractivity contribution in [3.05, 3.63) is 29.8 Å². The van der Waals surface area contributed by atoms with Crippen LogP contribution in [0.1, 0.15) is 46.6 Å². The highest BCUT2D eigenvalue weighted by Crippen LogP contribution is 2.19. The summed E-state index contributed by atoms with van der Waals surface area (Å²) in [5.74, 6) is 0.972. The molecule has 0 amide bonds. The van der Waals surface area contributed by atoms with Gasteiger partial charge in [-0.15, -0.1) is 0 Å². The van der Waals surface area contributed by atoms with E-state index in [1.807, 2.05) is 6.07 Å². The summed E-state index contributed by atoms with van der Waals surface area (Å²) in [6.07, 6.45) is 1.05. The van der Waals surface area contributed by atoms with Crippen LogP contribution in [0.15, 0.2) is 24.3 Å². The monoisotopic (exact) mass is 249 g/mol. The first kappa shape index (κ1) is 15.0. The Morgan fingerprint density at radius 2 is 2.00 bits per heavy atom. The summed E-state index contributed by atoms with van der Waals surface area (Å²) in [5, 5.41) is 3.57. The van der Waals surface area contributed by atoms with Crippen molar-refractivity contribution in [1.82, 2.24) is 5.32 Å². The van der Waals surface area contributed by atoms with Gasteiger partial charge in [0.1, 0.15) is 5.75 Å². The highest BCUT2D eigenvalue weighted by atomic mass is 16.5. The molecule has 2 nitrogen and oxygen atoms in total. The Hall–Kier alpha value is -1.02. The van der Waals surface area contributed by atoms with E-state index in [1.165, 1.54) is 5.56 Å². The van der Waals surface area contributed by atoms with Crippen molar-refractivity contribution in [2.45, 2.75) is 53.6 Å². The quantitative estimate of drug-likeness (QED) is 0.823. The SMILES string of the molecule is CCCOc1cccc(CNC(C)C(C)(C)C)c1. The van der Waals surface area contributed by atoms with E-state index in [1.54, 1.807) is 0 Å². The summed E-state index contributed by atoms with van der Waals surface area (Å²) in [5.41, 5.74) is 1.57. The number of rotatable bonds is 6. The van der Waals surface area contributed by atoms with Gasteiger partial charge in [-0.2, -0.15) is 0 Å². The molecule has 0 bridgehead atoms. The van der Waals surface area contributed by atoms with Gasteiger partial charge < -0.3 is 10.1 Å². The first-order valence-electron chi connectivity index (χ1n) is 6.88. The predicted octanol–water partition coefficient (Wildman–Crippen LogP) is 4.00. The van der Waals surface area contributed by atoms with Gasteiger partial charge in [-0.3, -0.25) is 0 Å². The topological polar surface area (TPSA) is 21.3 Å². The van der Waals surface area contributed by atoms with Crippen LogP contribution in [0, 0.1) is 5.41 Å². The molecule has 0 saturated heterocycles. The average Bonchev–Trinajstić information content (AvgIpc) is 2.32. The van der Waals surface area contributed by atoms with Gasteiger partial charge in [-0.05, 0) is 36.5 Å². The second-order valence-electron chi connectivity index (χ2n) is 5.96. The fourth-order valence-electron chi connectivity index (χ4n) is 1.54. The van der Waals surface area contributed by atoms with E-state index >= 15 is 0 Å². The molecule has 0 fully saturated rings. The van der Waals surface area contributed by atoms with Crippen molar-refractivity contribution >= 4 is 0 Å². The van der Waals surface area contributed by atoms with E-state index < -0.39 is 0 Å². The summed E-state index contributed by atoms with van der Waals surface area (Å²) in [4.78, 5) is 0. The summed E-state index contributed by atoms with van der Waals surface area (Å²) in [7, 11) is 0. The highest BCUT2D eigenvalue weighted by molar-refractivity contribution is 5.28. The van der Waals surface area contributed by atoms with E-state index in [4.69, 9.17) is 4.74 Å². The second-order valence-corrected chi connectivity index (χ2v) is 5.96. The zero-order valence-corrected chi connectivity index (χ0v) is 12.4. The first-order valence-corrected chi connectivity index (χ1v) is 6.88. The summed E-state index contributed by atoms with van der Waals surface area (Å²) in [6, 6.07) is 8.83. The third-order valence-electron chi connectivity index (χ3n) is 3.28.